The molecule has 0 aliphatic heterocycles. The highest BCUT2D eigenvalue weighted by atomic mass is 79.9. The Labute approximate surface area is 181 Å². The SMILES string of the molecule is CC(C)[C@@H](NC(=O)c1ccccc1Br)C(=O)O[C@H](C)C(=O)NC1CCCCCC1. The molecule has 0 heterocycles. The van der Waals surface area contributed by atoms with Gasteiger partial charge in [-0.1, -0.05) is 51.7 Å². The lowest BCUT2D eigenvalue weighted by molar-refractivity contribution is -0.157. The summed E-state index contributed by atoms with van der Waals surface area (Å²) in [6, 6.07) is 6.29. The molecule has 0 unspecified atom stereocenters. The molecular formula is C22H31BrN2O4. The Balaban J connectivity index is 1.94. The van der Waals surface area contributed by atoms with Gasteiger partial charge in [0.15, 0.2) is 6.10 Å². The van der Waals surface area contributed by atoms with Crippen LogP contribution in [0, 0.1) is 5.92 Å². The van der Waals surface area contributed by atoms with Crippen LogP contribution in [0.3, 0.4) is 0 Å². The van der Waals surface area contributed by atoms with Gasteiger partial charge in [0.25, 0.3) is 11.8 Å². The zero-order chi connectivity index (χ0) is 21.4. The van der Waals surface area contributed by atoms with Gasteiger partial charge in [-0.2, -0.15) is 0 Å². The number of benzene rings is 1. The maximum Gasteiger partial charge on any atom is 0.329 e. The van der Waals surface area contributed by atoms with Crippen molar-refractivity contribution in [3.05, 3.63) is 34.3 Å². The molecule has 6 nitrogen and oxygen atoms in total. The topological polar surface area (TPSA) is 84.5 Å². The van der Waals surface area contributed by atoms with E-state index in [4.69, 9.17) is 4.74 Å². The number of halogens is 1. The Morgan fingerprint density at radius 3 is 2.24 bits per heavy atom. The number of rotatable bonds is 7. The second-order valence-corrected chi connectivity index (χ2v) is 8.81. The van der Waals surface area contributed by atoms with Crippen LogP contribution in [0.15, 0.2) is 28.7 Å². The van der Waals surface area contributed by atoms with Gasteiger partial charge >= 0.3 is 5.97 Å². The molecule has 0 aromatic heterocycles. The van der Waals surface area contributed by atoms with Crippen LogP contribution >= 0.6 is 15.9 Å². The summed E-state index contributed by atoms with van der Waals surface area (Å²) in [5, 5.41) is 5.73. The molecule has 0 spiro atoms. The fourth-order valence-corrected chi connectivity index (χ4v) is 3.87. The van der Waals surface area contributed by atoms with E-state index in [0.717, 1.165) is 25.7 Å². The number of carbonyl (C=O) groups is 3. The third kappa shape index (κ3) is 7.14. The summed E-state index contributed by atoms with van der Waals surface area (Å²) in [6.07, 6.45) is 5.62. The lowest BCUT2D eigenvalue weighted by atomic mass is 10.0. The Morgan fingerprint density at radius 2 is 1.66 bits per heavy atom. The van der Waals surface area contributed by atoms with Gasteiger partial charge in [-0.25, -0.2) is 4.79 Å². The lowest BCUT2D eigenvalue weighted by Gasteiger charge is -2.24. The van der Waals surface area contributed by atoms with E-state index in [1.165, 1.54) is 12.8 Å². The molecule has 0 radical (unpaired) electrons. The van der Waals surface area contributed by atoms with Gasteiger partial charge in [-0.15, -0.1) is 0 Å². The van der Waals surface area contributed by atoms with E-state index in [1.807, 2.05) is 19.9 Å². The smallest absolute Gasteiger partial charge is 0.329 e. The molecule has 160 valence electrons. The maximum absolute atomic E-state index is 12.7. The van der Waals surface area contributed by atoms with Crippen LogP contribution < -0.4 is 10.6 Å². The number of nitrogens with one attached hydrogen (secondary N) is 2. The molecule has 2 rings (SSSR count). The van der Waals surface area contributed by atoms with Crippen molar-refractivity contribution in [2.24, 2.45) is 5.92 Å². The molecule has 1 fully saturated rings. The Kier molecular flexibility index (Phi) is 9.14. The van der Waals surface area contributed by atoms with E-state index in [2.05, 4.69) is 26.6 Å². The van der Waals surface area contributed by atoms with E-state index < -0.39 is 18.1 Å². The highest BCUT2D eigenvalue weighted by molar-refractivity contribution is 9.10. The van der Waals surface area contributed by atoms with Crippen molar-refractivity contribution in [1.82, 2.24) is 10.6 Å². The summed E-state index contributed by atoms with van der Waals surface area (Å²) in [4.78, 5) is 37.7. The molecule has 1 aromatic carbocycles. The number of amides is 2. The molecule has 2 N–H and O–H groups in total. The normalized spacial score (nSPS) is 17.1. The van der Waals surface area contributed by atoms with Crippen LogP contribution in [-0.2, 0) is 14.3 Å². The largest absolute Gasteiger partial charge is 0.451 e. The highest BCUT2D eigenvalue weighted by Gasteiger charge is 2.30. The zero-order valence-electron chi connectivity index (χ0n) is 17.4. The van der Waals surface area contributed by atoms with E-state index in [0.29, 0.717) is 10.0 Å². The van der Waals surface area contributed by atoms with Crippen LogP contribution in [0.4, 0.5) is 0 Å². The van der Waals surface area contributed by atoms with Crippen LogP contribution in [0.1, 0.15) is 69.7 Å². The second-order valence-electron chi connectivity index (χ2n) is 7.95. The van der Waals surface area contributed by atoms with Crippen LogP contribution in [0.5, 0.6) is 0 Å². The van der Waals surface area contributed by atoms with Crippen LogP contribution in [0.25, 0.3) is 0 Å². The summed E-state index contributed by atoms with van der Waals surface area (Å²) in [5.74, 6) is -1.46. The standard InChI is InChI=1S/C22H31BrN2O4/c1-14(2)19(25-21(27)17-12-8-9-13-18(17)23)22(28)29-15(3)20(26)24-16-10-6-4-5-7-11-16/h8-9,12-16,19H,4-7,10-11H2,1-3H3,(H,24,26)(H,25,27)/t15-,19-/m1/s1. The minimum absolute atomic E-state index is 0.141. The first-order valence-electron chi connectivity index (χ1n) is 10.4. The van der Waals surface area contributed by atoms with Crippen molar-refractivity contribution >= 4 is 33.7 Å². The van der Waals surface area contributed by atoms with E-state index in [1.54, 1.807) is 25.1 Å². The maximum atomic E-state index is 12.7. The van der Waals surface area contributed by atoms with Crippen molar-refractivity contribution in [3.8, 4) is 0 Å². The lowest BCUT2D eigenvalue weighted by Crippen LogP contribution is -2.48. The predicted molar refractivity (Wildman–Crippen MR) is 115 cm³/mol. The van der Waals surface area contributed by atoms with Gasteiger partial charge in [0, 0.05) is 10.5 Å². The Bertz CT molecular complexity index is 715. The molecule has 1 aromatic rings. The first-order chi connectivity index (χ1) is 13.8. The second kappa shape index (κ2) is 11.3. The number of esters is 1. The van der Waals surface area contributed by atoms with Gasteiger partial charge in [0.1, 0.15) is 6.04 Å². The van der Waals surface area contributed by atoms with Gasteiger partial charge in [-0.05, 0) is 53.7 Å². The summed E-state index contributed by atoms with van der Waals surface area (Å²) in [6.45, 7) is 5.21. The van der Waals surface area contributed by atoms with Gasteiger partial charge in [0.2, 0.25) is 0 Å². The summed E-state index contributed by atoms with van der Waals surface area (Å²) in [5.41, 5.74) is 0.435. The summed E-state index contributed by atoms with van der Waals surface area (Å²) >= 11 is 3.34. The molecule has 29 heavy (non-hydrogen) atoms. The van der Waals surface area contributed by atoms with Gasteiger partial charge < -0.3 is 15.4 Å². The van der Waals surface area contributed by atoms with E-state index >= 15 is 0 Å². The summed E-state index contributed by atoms with van der Waals surface area (Å²) < 4.78 is 6.04. The molecule has 2 atom stereocenters. The third-order valence-electron chi connectivity index (χ3n) is 5.19. The number of ether oxygens (including phenoxy) is 1. The Morgan fingerprint density at radius 1 is 1.03 bits per heavy atom. The van der Waals surface area contributed by atoms with E-state index in [-0.39, 0.29) is 23.8 Å². The quantitative estimate of drug-likeness (QED) is 0.470. The molecule has 1 saturated carbocycles. The molecular weight excluding hydrogens is 436 g/mol. The summed E-state index contributed by atoms with van der Waals surface area (Å²) in [7, 11) is 0. The van der Waals surface area contributed by atoms with Crippen molar-refractivity contribution in [2.75, 3.05) is 0 Å². The minimum Gasteiger partial charge on any atom is -0.451 e. The number of carbonyl (C=O) groups excluding carboxylic acids is 3. The number of hydrogen-bond acceptors (Lipinski definition) is 4. The fourth-order valence-electron chi connectivity index (χ4n) is 3.41. The molecule has 1 aliphatic rings. The first kappa shape index (κ1) is 23.4. The van der Waals surface area contributed by atoms with Crippen LogP contribution in [0.2, 0.25) is 0 Å². The van der Waals surface area contributed by atoms with Crippen LogP contribution in [-0.4, -0.2) is 36.0 Å². The van der Waals surface area contributed by atoms with Crippen molar-refractivity contribution in [1.29, 1.82) is 0 Å². The monoisotopic (exact) mass is 466 g/mol. The third-order valence-corrected chi connectivity index (χ3v) is 5.88. The average molecular weight is 467 g/mol. The van der Waals surface area contributed by atoms with Crippen molar-refractivity contribution in [3.63, 3.8) is 0 Å². The molecule has 1 aliphatic carbocycles. The molecule has 2 amide bonds. The molecule has 0 bridgehead atoms. The first-order valence-corrected chi connectivity index (χ1v) is 11.1. The molecule has 7 heteroatoms. The Hall–Kier alpha value is -1.89. The fraction of sp³-hybridized carbons (Fsp3) is 0.591. The zero-order valence-corrected chi connectivity index (χ0v) is 19.0. The van der Waals surface area contributed by atoms with Crippen molar-refractivity contribution < 1.29 is 19.1 Å². The predicted octanol–water partition coefficient (Wildman–Crippen LogP) is 3.97. The average Bonchev–Trinajstić information content (AvgIpc) is 2.94. The van der Waals surface area contributed by atoms with Crippen molar-refractivity contribution in [2.45, 2.75) is 77.5 Å². The van der Waals surface area contributed by atoms with Gasteiger partial charge in [0.05, 0.1) is 5.56 Å². The molecule has 0 saturated heterocycles. The van der Waals surface area contributed by atoms with E-state index in [9.17, 15) is 14.4 Å². The number of hydrogen-bond donors (Lipinski definition) is 2. The van der Waals surface area contributed by atoms with Gasteiger partial charge in [-0.3, -0.25) is 9.59 Å². The minimum atomic E-state index is -0.910. The highest BCUT2D eigenvalue weighted by Crippen LogP contribution is 2.18.